The zero-order valence-corrected chi connectivity index (χ0v) is 13.0. The molecule has 0 aromatic heterocycles. The van der Waals surface area contributed by atoms with Crippen LogP contribution in [0.3, 0.4) is 0 Å². The average Bonchev–Trinajstić information content (AvgIpc) is 2.36. The summed E-state index contributed by atoms with van der Waals surface area (Å²) < 4.78 is 22.2. The zero-order chi connectivity index (χ0) is 15.2. The first-order valence-electron chi connectivity index (χ1n) is 6.07. The first-order chi connectivity index (χ1) is 9.29. The summed E-state index contributed by atoms with van der Waals surface area (Å²) >= 11 is 5.10. The highest BCUT2D eigenvalue weighted by atomic mass is 32.2. The van der Waals surface area contributed by atoms with Crippen LogP contribution in [0, 0.1) is 0 Å². The quantitative estimate of drug-likeness (QED) is 0.537. The van der Waals surface area contributed by atoms with Gasteiger partial charge in [0.25, 0.3) is 0 Å². The lowest BCUT2D eigenvalue weighted by Crippen LogP contribution is -2.37. The Bertz CT molecular complexity index is 580. The summed E-state index contributed by atoms with van der Waals surface area (Å²) in [6.07, 6.45) is 0.736. The second-order valence-electron chi connectivity index (χ2n) is 4.51. The molecule has 0 saturated carbocycles. The molecule has 20 heavy (non-hydrogen) atoms. The first-order valence-corrected chi connectivity index (χ1v) is 8.02. The molecule has 1 aromatic carbocycles. The maximum Gasteiger partial charge on any atom is 0.238 e. The summed E-state index contributed by atoms with van der Waals surface area (Å²) in [4.78, 5) is 0.118. The van der Waals surface area contributed by atoms with Crippen molar-refractivity contribution in [1.82, 2.24) is 10.6 Å². The van der Waals surface area contributed by atoms with Gasteiger partial charge in [-0.25, -0.2) is 13.6 Å². The van der Waals surface area contributed by atoms with Crippen LogP contribution in [0.4, 0.5) is 0 Å². The summed E-state index contributed by atoms with van der Waals surface area (Å²) in [6.45, 7) is 7.00. The second-order valence-corrected chi connectivity index (χ2v) is 6.48. The Balaban J connectivity index is 2.39. The molecule has 0 heterocycles. The van der Waals surface area contributed by atoms with Crippen molar-refractivity contribution < 1.29 is 8.42 Å². The Morgan fingerprint density at radius 2 is 1.90 bits per heavy atom. The minimum atomic E-state index is -3.62. The Kier molecular flexibility index (Phi) is 6.12. The second kappa shape index (κ2) is 7.37. The Morgan fingerprint density at radius 3 is 2.40 bits per heavy atom. The van der Waals surface area contributed by atoms with Crippen molar-refractivity contribution in [2.24, 2.45) is 5.14 Å². The molecule has 7 heteroatoms. The zero-order valence-electron chi connectivity index (χ0n) is 11.3. The van der Waals surface area contributed by atoms with Gasteiger partial charge >= 0.3 is 0 Å². The van der Waals surface area contributed by atoms with Crippen LogP contribution in [0.15, 0.2) is 41.3 Å². The third kappa shape index (κ3) is 6.14. The number of hydrogen-bond acceptors (Lipinski definition) is 3. The summed E-state index contributed by atoms with van der Waals surface area (Å²) in [5.41, 5.74) is 2.01. The maximum atomic E-state index is 11.1. The summed E-state index contributed by atoms with van der Waals surface area (Å²) in [5.74, 6) is 0. The van der Waals surface area contributed by atoms with Crippen LogP contribution in [0.2, 0.25) is 0 Å². The van der Waals surface area contributed by atoms with E-state index in [1.165, 1.54) is 12.1 Å². The molecule has 5 nitrogen and oxygen atoms in total. The monoisotopic (exact) mass is 313 g/mol. The predicted molar refractivity (Wildman–Crippen MR) is 84.9 cm³/mol. The van der Waals surface area contributed by atoms with E-state index in [1.54, 1.807) is 12.1 Å². The van der Waals surface area contributed by atoms with Crippen molar-refractivity contribution in [3.8, 4) is 0 Å². The van der Waals surface area contributed by atoms with Gasteiger partial charge in [-0.15, -0.1) is 0 Å². The molecule has 0 aliphatic rings. The summed E-state index contributed by atoms with van der Waals surface area (Å²) in [7, 11) is -3.62. The van der Waals surface area contributed by atoms with Crippen molar-refractivity contribution in [1.29, 1.82) is 0 Å². The minimum absolute atomic E-state index is 0.118. The fourth-order valence-electron chi connectivity index (χ4n) is 1.46. The molecular formula is C13H19N3O2S2. The molecule has 0 radical (unpaired) electrons. The molecule has 0 bridgehead atoms. The van der Waals surface area contributed by atoms with E-state index in [1.807, 2.05) is 6.92 Å². The van der Waals surface area contributed by atoms with Gasteiger partial charge < -0.3 is 10.6 Å². The van der Waals surface area contributed by atoms with Gasteiger partial charge in [-0.05, 0) is 43.3 Å². The predicted octanol–water partition coefficient (Wildman–Crippen LogP) is 0.917. The molecule has 0 saturated heterocycles. The fourth-order valence-corrected chi connectivity index (χ4v) is 2.15. The van der Waals surface area contributed by atoms with Crippen molar-refractivity contribution in [3.63, 3.8) is 0 Å². The van der Waals surface area contributed by atoms with Crippen LogP contribution in [0.5, 0.6) is 0 Å². The number of sulfonamides is 1. The fraction of sp³-hybridized carbons (Fsp3) is 0.308. The van der Waals surface area contributed by atoms with Crippen molar-refractivity contribution >= 4 is 27.4 Å². The maximum absolute atomic E-state index is 11.1. The van der Waals surface area contributed by atoms with Gasteiger partial charge in [-0.3, -0.25) is 0 Å². The van der Waals surface area contributed by atoms with E-state index < -0.39 is 10.0 Å². The summed E-state index contributed by atoms with van der Waals surface area (Å²) in [5, 5.41) is 11.7. The number of primary sulfonamides is 1. The minimum Gasteiger partial charge on any atom is -0.362 e. The van der Waals surface area contributed by atoms with Crippen molar-refractivity contribution in [2.75, 3.05) is 13.1 Å². The molecule has 0 aliphatic heterocycles. The van der Waals surface area contributed by atoms with E-state index in [-0.39, 0.29) is 4.90 Å². The molecule has 1 rings (SSSR count). The number of benzene rings is 1. The molecule has 0 aliphatic carbocycles. The smallest absolute Gasteiger partial charge is 0.238 e. The molecule has 0 amide bonds. The van der Waals surface area contributed by atoms with Gasteiger partial charge in [0.05, 0.1) is 4.90 Å². The molecule has 0 unspecified atom stereocenters. The van der Waals surface area contributed by atoms with Crippen molar-refractivity contribution in [2.45, 2.75) is 18.2 Å². The first kappa shape index (κ1) is 16.6. The van der Waals surface area contributed by atoms with Gasteiger partial charge in [-0.2, -0.15) is 0 Å². The van der Waals surface area contributed by atoms with Crippen LogP contribution in [0.25, 0.3) is 0 Å². The van der Waals surface area contributed by atoms with E-state index >= 15 is 0 Å². The van der Waals surface area contributed by atoms with E-state index in [9.17, 15) is 8.42 Å². The highest BCUT2D eigenvalue weighted by molar-refractivity contribution is 7.89. The van der Waals surface area contributed by atoms with Crippen LogP contribution >= 0.6 is 12.2 Å². The largest absolute Gasteiger partial charge is 0.362 e. The number of hydrogen-bond donors (Lipinski definition) is 3. The van der Waals surface area contributed by atoms with E-state index in [0.29, 0.717) is 18.2 Å². The normalized spacial score (nSPS) is 10.9. The Morgan fingerprint density at radius 1 is 1.30 bits per heavy atom. The average molecular weight is 313 g/mol. The topological polar surface area (TPSA) is 84.2 Å². The third-order valence-corrected chi connectivity index (χ3v) is 3.72. The van der Waals surface area contributed by atoms with Gasteiger partial charge in [0.1, 0.15) is 0 Å². The molecule has 110 valence electrons. The highest BCUT2D eigenvalue weighted by Gasteiger charge is 2.06. The molecule has 1 aromatic rings. The lowest BCUT2D eigenvalue weighted by Gasteiger charge is -2.10. The van der Waals surface area contributed by atoms with Gasteiger partial charge in [0.2, 0.25) is 10.0 Å². The number of rotatable bonds is 6. The van der Waals surface area contributed by atoms with Crippen LogP contribution in [0.1, 0.15) is 12.5 Å². The lowest BCUT2D eigenvalue weighted by atomic mass is 10.1. The Labute approximate surface area is 125 Å². The number of thiocarbonyl (C=S) groups is 1. The third-order valence-electron chi connectivity index (χ3n) is 2.50. The highest BCUT2D eigenvalue weighted by Crippen LogP contribution is 2.08. The van der Waals surface area contributed by atoms with E-state index in [4.69, 9.17) is 17.4 Å². The van der Waals surface area contributed by atoms with Gasteiger partial charge in [0, 0.05) is 13.1 Å². The van der Waals surface area contributed by atoms with Crippen LogP contribution < -0.4 is 15.8 Å². The Hall–Kier alpha value is -1.44. The van der Waals surface area contributed by atoms with Crippen molar-refractivity contribution in [3.05, 3.63) is 42.0 Å². The molecule has 0 spiro atoms. The summed E-state index contributed by atoms with van der Waals surface area (Å²) in [6, 6.07) is 6.49. The number of nitrogens with two attached hydrogens (primary N) is 1. The molecular weight excluding hydrogens is 294 g/mol. The number of nitrogens with one attached hydrogen (secondary N) is 2. The molecule has 4 N–H and O–H groups in total. The van der Waals surface area contributed by atoms with Crippen LogP contribution in [-0.2, 0) is 16.4 Å². The SMILES string of the molecule is C=C(C)CNC(=S)NCCc1ccc(S(N)(=O)=O)cc1. The lowest BCUT2D eigenvalue weighted by molar-refractivity contribution is 0.598. The van der Waals surface area contributed by atoms with Gasteiger partial charge in [-0.1, -0.05) is 24.3 Å². The molecule has 0 fully saturated rings. The van der Waals surface area contributed by atoms with Gasteiger partial charge in [0.15, 0.2) is 5.11 Å². The van der Waals surface area contributed by atoms with E-state index in [0.717, 1.165) is 17.6 Å². The van der Waals surface area contributed by atoms with E-state index in [2.05, 4.69) is 17.2 Å². The van der Waals surface area contributed by atoms with Crippen LogP contribution in [-0.4, -0.2) is 26.6 Å². The molecule has 0 atom stereocenters. The standard InChI is InChI=1S/C13H19N3O2S2/c1-10(2)9-16-13(19)15-8-7-11-3-5-12(6-4-11)20(14,17)18/h3-6H,1,7-9H2,2H3,(H2,14,17,18)(H2,15,16,19).